The second kappa shape index (κ2) is 8.34. The third-order valence-corrected chi connectivity index (χ3v) is 6.42. The highest BCUT2D eigenvalue weighted by Crippen LogP contribution is 2.33. The van der Waals surface area contributed by atoms with Gasteiger partial charge in [-0.05, 0) is 55.4 Å². The van der Waals surface area contributed by atoms with Gasteiger partial charge in [0.25, 0.3) is 5.56 Å². The van der Waals surface area contributed by atoms with Crippen LogP contribution in [-0.2, 0) is 11.3 Å². The number of nitrogens with zero attached hydrogens (tertiary/aromatic N) is 3. The van der Waals surface area contributed by atoms with E-state index in [0.717, 1.165) is 42.5 Å². The van der Waals surface area contributed by atoms with Gasteiger partial charge in [-0.1, -0.05) is 36.4 Å². The number of hydrogen-bond donors (Lipinski definition) is 0. The molecule has 1 aromatic heterocycles. The van der Waals surface area contributed by atoms with Gasteiger partial charge in [-0.25, -0.2) is 9.37 Å². The third kappa shape index (κ3) is 4.22. The van der Waals surface area contributed by atoms with Crippen LogP contribution in [0, 0.1) is 24.6 Å². The van der Waals surface area contributed by atoms with Crippen molar-refractivity contribution in [3.63, 3.8) is 0 Å². The average Bonchev–Trinajstić information content (AvgIpc) is 3.54. The normalized spacial score (nSPS) is 18.2. The summed E-state index contributed by atoms with van der Waals surface area (Å²) in [4.78, 5) is 31.9. The van der Waals surface area contributed by atoms with Crippen molar-refractivity contribution in [2.75, 3.05) is 13.1 Å². The summed E-state index contributed by atoms with van der Waals surface area (Å²) in [5.74, 6) is 1.14. The van der Waals surface area contributed by atoms with E-state index in [9.17, 15) is 14.0 Å². The Balaban J connectivity index is 1.40. The Morgan fingerprint density at radius 2 is 1.62 bits per heavy atom. The summed E-state index contributed by atoms with van der Waals surface area (Å²) in [7, 11) is 0. The minimum absolute atomic E-state index is 0.0675. The third-order valence-electron chi connectivity index (χ3n) is 6.42. The smallest absolute Gasteiger partial charge is 0.253 e. The fourth-order valence-electron chi connectivity index (χ4n) is 4.50. The molecule has 2 aliphatic rings. The van der Waals surface area contributed by atoms with Gasteiger partial charge >= 0.3 is 0 Å². The molecular formula is C26H26FN3O2. The second-order valence-electron chi connectivity index (χ2n) is 8.97. The largest absolute Gasteiger partial charge is 0.342 e. The van der Waals surface area contributed by atoms with Gasteiger partial charge in [0.2, 0.25) is 5.91 Å². The predicted molar refractivity (Wildman–Crippen MR) is 121 cm³/mol. The number of carbonyl (C=O) groups excluding carboxylic acids is 1. The Hall–Kier alpha value is -3.28. The number of likely N-dealkylation sites (tertiary alicyclic amines) is 1. The van der Waals surface area contributed by atoms with E-state index in [4.69, 9.17) is 0 Å². The highest BCUT2D eigenvalue weighted by atomic mass is 19.1. The van der Waals surface area contributed by atoms with E-state index in [-0.39, 0.29) is 29.1 Å². The van der Waals surface area contributed by atoms with Crippen LogP contribution in [0.5, 0.6) is 0 Å². The Morgan fingerprint density at radius 3 is 2.28 bits per heavy atom. The molecule has 0 bridgehead atoms. The number of rotatable bonds is 5. The molecule has 1 aliphatic carbocycles. The van der Waals surface area contributed by atoms with Crippen molar-refractivity contribution in [1.29, 1.82) is 0 Å². The maximum atomic E-state index is 13.2. The Morgan fingerprint density at radius 1 is 1.00 bits per heavy atom. The average molecular weight is 432 g/mol. The van der Waals surface area contributed by atoms with Gasteiger partial charge in [0.15, 0.2) is 0 Å². The van der Waals surface area contributed by atoms with Crippen molar-refractivity contribution in [2.24, 2.45) is 11.8 Å². The lowest BCUT2D eigenvalue weighted by atomic mass is 10.0. The molecule has 1 saturated carbocycles. The lowest BCUT2D eigenvalue weighted by Crippen LogP contribution is -2.32. The number of carbonyl (C=O) groups is 1. The van der Waals surface area contributed by atoms with E-state index >= 15 is 0 Å². The first-order valence-electron chi connectivity index (χ1n) is 11.2. The van der Waals surface area contributed by atoms with E-state index in [2.05, 4.69) is 4.98 Å². The maximum absolute atomic E-state index is 13.2. The molecule has 1 saturated heterocycles. The van der Waals surface area contributed by atoms with Crippen LogP contribution in [0.3, 0.4) is 0 Å². The Kier molecular flexibility index (Phi) is 5.37. The second-order valence-corrected chi connectivity index (χ2v) is 8.97. The highest BCUT2D eigenvalue weighted by molar-refractivity contribution is 5.81. The quantitative estimate of drug-likeness (QED) is 0.606. The Bertz CT molecular complexity index is 1200. The number of amides is 1. The van der Waals surface area contributed by atoms with E-state index in [1.807, 2.05) is 36.1 Å². The molecule has 0 radical (unpaired) electrons. The molecule has 5 rings (SSSR count). The molecule has 6 heteroatoms. The zero-order valence-electron chi connectivity index (χ0n) is 18.1. The minimum Gasteiger partial charge on any atom is -0.342 e. The number of hydrogen-bond acceptors (Lipinski definition) is 3. The van der Waals surface area contributed by atoms with Gasteiger partial charge in [0.1, 0.15) is 11.6 Å². The first-order valence-corrected chi connectivity index (χ1v) is 11.2. The molecule has 0 spiro atoms. The van der Waals surface area contributed by atoms with Crippen molar-refractivity contribution in [1.82, 2.24) is 14.5 Å². The van der Waals surface area contributed by atoms with Gasteiger partial charge < -0.3 is 4.90 Å². The molecule has 32 heavy (non-hydrogen) atoms. The van der Waals surface area contributed by atoms with Crippen LogP contribution in [-0.4, -0.2) is 33.4 Å². The van der Waals surface area contributed by atoms with Crippen molar-refractivity contribution in [3.8, 4) is 22.5 Å². The molecule has 0 unspecified atom stereocenters. The first-order chi connectivity index (χ1) is 15.5. The lowest BCUT2D eigenvalue weighted by Gasteiger charge is -2.18. The van der Waals surface area contributed by atoms with Gasteiger partial charge in [-0.2, -0.15) is 0 Å². The monoisotopic (exact) mass is 431 g/mol. The van der Waals surface area contributed by atoms with Crippen molar-refractivity contribution < 1.29 is 9.18 Å². The lowest BCUT2D eigenvalue weighted by molar-refractivity contribution is -0.131. The van der Waals surface area contributed by atoms with E-state index in [1.165, 1.54) is 12.1 Å². The highest BCUT2D eigenvalue weighted by Gasteiger charge is 2.36. The zero-order chi connectivity index (χ0) is 22.2. The summed E-state index contributed by atoms with van der Waals surface area (Å²) in [6, 6.07) is 15.8. The van der Waals surface area contributed by atoms with Gasteiger partial charge in [0.05, 0.1) is 0 Å². The van der Waals surface area contributed by atoms with Crippen LogP contribution in [0.4, 0.5) is 4.39 Å². The van der Waals surface area contributed by atoms with Crippen LogP contribution >= 0.6 is 0 Å². The van der Waals surface area contributed by atoms with Crippen LogP contribution < -0.4 is 5.56 Å². The molecule has 5 nitrogen and oxygen atoms in total. The van der Waals surface area contributed by atoms with Crippen LogP contribution in [0.15, 0.2) is 59.4 Å². The van der Waals surface area contributed by atoms with Gasteiger partial charge in [-0.3, -0.25) is 14.2 Å². The number of benzene rings is 2. The standard InChI is InChI=1S/C26H26FN3O2/c1-17-14-24(31)30(16-18-12-13-29(15-18)26(32)22-6-7-22)25(28-17)21-4-2-19(3-5-21)20-8-10-23(27)11-9-20/h2-5,8-11,14,18,22H,6-7,12-13,15-16H2,1H3/t18-/m1/s1. The predicted octanol–water partition coefficient (Wildman–Crippen LogP) is 4.28. The molecule has 0 N–H and O–H groups in total. The van der Waals surface area contributed by atoms with Gasteiger partial charge in [-0.15, -0.1) is 0 Å². The maximum Gasteiger partial charge on any atom is 0.253 e. The first kappa shape index (κ1) is 20.6. The SMILES string of the molecule is Cc1cc(=O)n(C[C@@H]2CCN(C(=O)C3CC3)C2)c(-c2ccc(-c3ccc(F)cc3)cc2)n1. The van der Waals surface area contributed by atoms with Crippen molar-refractivity contribution >= 4 is 5.91 Å². The molecule has 164 valence electrons. The van der Waals surface area contributed by atoms with Gasteiger partial charge in [0, 0.05) is 42.9 Å². The van der Waals surface area contributed by atoms with Crippen LogP contribution in [0.1, 0.15) is 25.0 Å². The fraction of sp³-hybridized carbons (Fsp3) is 0.346. The molecule has 2 heterocycles. The summed E-state index contributed by atoms with van der Waals surface area (Å²) in [5, 5.41) is 0. The van der Waals surface area contributed by atoms with E-state index in [0.29, 0.717) is 24.6 Å². The molecule has 1 amide bonds. The van der Waals surface area contributed by atoms with Crippen molar-refractivity contribution in [2.45, 2.75) is 32.7 Å². The van der Waals surface area contributed by atoms with Crippen molar-refractivity contribution in [3.05, 3.63) is 76.5 Å². The summed E-state index contributed by atoms with van der Waals surface area (Å²) in [6.45, 7) is 3.86. The zero-order valence-corrected chi connectivity index (χ0v) is 18.1. The molecule has 1 aliphatic heterocycles. The van der Waals surface area contributed by atoms with E-state index in [1.54, 1.807) is 22.8 Å². The summed E-state index contributed by atoms with van der Waals surface area (Å²) in [5.41, 5.74) is 3.38. The minimum atomic E-state index is -0.261. The van der Waals surface area contributed by atoms with Crippen LogP contribution in [0.2, 0.25) is 0 Å². The Labute approximate surface area is 186 Å². The number of halogens is 1. The summed E-state index contributed by atoms with van der Waals surface area (Å²) < 4.78 is 15.0. The van der Waals surface area contributed by atoms with E-state index < -0.39 is 0 Å². The summed E-state index contributed by atoms with van der Waals surface area (Å²) >= 11 is 0. The number of aromatic nitrogens is 2. The summed E-state index contributed by atoms with van der Waals surface area (Å²) in [6.07, 6.45) is 2.93. The molecule has 1 atom stereocenters. The van der Waals surface area contributed by atoms with Crippen LogP contribution in [0.25, 0.3) is 22.5 Å². The molecule has 3 aromatic rings. The molecule has 2 aromatic carbocycles. The number of aryl methyl sites for hydroxylation is 1. The molecular weight excluding hydrogens is 405 g/mol. The fourth-order valence-corrected chi connectivity index (χ4v) is 4.50. The topological polar surface area (TPSA) is 55.2 Å². The molecule has 2 fully saturated rings.